The molecule has 6 nitrogen and oxygen atoms in total. The molecule has 186 valence electrons. The van der Waals surface area contributed by atoms with Gasteiger partial charge >= 0.3 is 0 Å². The van der Waals surface area contributed by atoms with Crippen molar-refractivity contribution in [1.29, 1.82) is 0 Å². The summed E-state index contributed by atoms with van der Waals surface area (Å²) in [7, 11) is 1.45. The molecule has 1 aromatic rings. The van der Waals surface area contributed by atoms with Gasteiger partial charge in [-0.25, -0.2) is 0 Å². The summed E-state index contributed by atoms with van der Waals surface area (Å²) in [5.41, 5.74) is -1.77. The maximum Gasteiger partial charge on any atom is 0.213 e. The van der Waals surface area contributed by atoms with Gasteiger partial charge in [-0.3, -0.25) is 9.59 Å². The van der Waals surface area contributed by atoms with E-state index in [1.54, 1.807) is 6.08 Å². The van der Waals surface area contributed by atoms with E-state index in [1.807, 2.05) is 53.7 Å². The van der Waals surface area contributed by atoms with Crippen LogP contribution in [0, 0.1) is 11.8 Å². The van der Waals surface area contributed by atoms with Crippen LogP contribution >= 0.6 is 0 Å². The van der Waals surface area contributed by atoms with E-state index in [9.17, 15) is 14.7 Å². The number of fused-ring (bicyclic) bond motifs is 1. The normalized spacial score (nSPS) is 31.8. The molecule has 1 N–H and O–H groups in total. The number of hydrogen-bond donors (Lipinski definition) is 1. The van der Waals surface area contributed by atoms with E-state index in [2.05, 4.69) is 6.58 Å². The van der Waals surface area contributed by atoms with Crippen LogP contribution in [-0.4, -0.2) is 40.6 Å². The molecule has 6 heteroatoms. The van der Waals surface area contributed by atoms with E-state index in [-0.39, 0.29) is 46.2 Å². The van der Waals surface area contributed by atoms with Crippen molar-refractivity contribution in [2.45, 2.75) is 76.6 Å². The zero-order valence-electron chi connectivity index (χ0n) is 21.6. The average Bonchev–Trinajstić information content (AvgIpc) is 2.98. The third kappa shape index (κ3) is 2.86. The van der Waals surface area contributed by atoms with Gasteiger partial charge in [-0.05, 0) is 27.7 Å². The number of ketones is 2. The summed E-state index contributed by atoms with van der Waals surface area (Å²) in [5.74, 6) is -0.394. The van der Waals surface area contributed by atoms with Crippen molar-refractivity contribution in [3.8, 4) is 17.2 Å². The van der Waals surface area contributed by atoms with Crippen LogP contribution in [0.5, 0.6) is 17.2 Å². The van der Waals surface area contributed by atoms with Gasteiger partial charge in [0.1, 0.15) is 28.4 Å². The number of aromatic hydroxyl groups is 1. The fourth-order valence-corrected chi connectivity index (χ4v) is 6.64. The number of phenols is 1. The molecule has 2 aliphatic heterocycles. The highest BCUT2D eigenvalue weighted by Crippen LogP contribution is 2.65. The molecule has 1 saturated heterocycles. The van der Waals surface area contributed by atoms with E-state index in [4.69, 9.17) is 14.2 Å². The second kappa shape index (κ2) is 7.10. The van der Waals surface area contributed by atoms with E-state index < -0.39 is 22.2 Å². The van der Waals surface area contributed by atoms with Gasteiger partial charge in [-0.15, -0.1) is 6.58 Å². The largest absolute Gasteiger partial charge is 0.507 e. The smallest absolute Gasteiger partial charge is 0.213 e. The van der Waals surface area contributed by atoms with Gasteiger partial charge in [0, 0.05) is 47.3 Å². The summed E-state index contributed by atoms with van der Waals surface area (Å²) in [6, 6.07) is 1.44. The fourth-order valence-electron chi connectivity index (χ4n) is 6.64. The number of ether oxygens (including phenoxy) is 3. The summed E-state index contributed by atoms with van der Waals surface area (Å²) < 4.78 is 18.8. The lowest BCUT2D eigenvalue weighted by atomic mass is 9.53. The summed E-state index contributed by atoms with van der Waals surface area (Å²) in [6.07, 6.45) is 6.42. The van der Waals surface area contributed by atoms with Gasteiger partial charge in [-0.1, -0.05) is 37.6 Å². The highest BCUT2D eigenvalue weighted by atomic mass is 16.6. The summed E-state index contributed by atoms with van der Waals surface area (Å²) >= 11 is 0. The fraction of sp³-hybridized carbons (Fsp3) is 0.517. The first-order valence-electron chi connectivity index (χ1n) is 12.2. The summed E-state index contributed by atoms with van der Waals surface area (Å²) in [4.78, 5) is 28.5. The number of phenolic OH excluding ortho intramolecular Hbond substituents is 1. The Morgan fingerprint density at radius 1 is 1.31 bits per heavy atom. The predicted octanol–water partition coefficient (Wildman–Crippen LogP) is 5.23. The molecule has 2 fully saturated rings. The molecule has 3 aliphatic carbocycles. The van der Waals surface area contributed by atoms with Crippen LogP contribution in [0.2, 0.25) is 0 Å². The molecule has 2 heterocycles. The second-order valence-electron chi connectivity index (χ2n) is 11.7. The van der Waals surface area contributed by atoms with Gasteiger partial charge in [0.15, 0.2) is 5.60 Å². The van der Waals surface area contributed by atoms with Crippen LogP contribution in [0.3, 0.4) is 0 Å². The molecule has 1 saturated carbocycles. The number of benzene rings is 1. The van der Waals surface area contributed by atoms with E-state index in [0.29, 0.717) is 24.0 Å². The van der Waals surface area contributed by atoms with Crippen molar-refractivity contribution in [2.24, 2.45) is 11.8 Å². The Kier molecular flexibility index (Phi) is 4.84. The number of carbonyl (C=O) groups excluding carboxylic acids is 2. The first kappa shape index (κ1) is 23.9. The van der Waals surface area contributed by atoms with Crippen molar-refractivity contribution in [3.05, 3.63) is 53.1 Å². The van der Waals surface area contributed by atoms with Gasteiger partial charge < -0.3 is 19.3 Å². The molecule has 4 bridgehead atoms. The number of hydrogen-bond acceptors (Lipinski definition) is 6. The van der Waals surface area contributed by atoms with Crippen LogP contribution in [0.25, 0.3) is 0 Å². The molecule has 0 unspecified atom stereocenters. The van der Waals surface area contributed by atoms with Crippen LogP contribution < -0.4 is 9.47 Å². The lowest BCUT2D eigenvalue weighted by molar-refractivity contribution is -0.166. The zero-order chi connectivity index (χ0) is 25.7. The topological polar surface area (TPSA) is 82.1 Å². The summed E-state index contributed by atoms with van der Waals surface area (Å²) in [5, 5.41) is 11.0. The van der Waals surface area contributed by atoms with Crippen molar-refractivity contribution in [2.75, 3.05) is 7.11 Å². The minimum Gasteiger partial charge on any atom is -0.507 e. The maximum atomic E-state index is 14.5. The Balaban J connectivity index is 1.80. The Morgan fingerprint density at radius 2 is 2.00 bits per heavy atom. The standard InChI is InChI=1S/C29H34O6/c1-9-26(4,5)22-19(30)13-20(33-8)21-23(31)17-12-16-18-14-29(17,34-24(21)22)25(32)28(16,11-10-15(2)3)35-27(18,6)7/h9-10,12-13,16,18,30H,1,11,14H2,2-8H3/t16-,18+,28+,29+/m1/s1. The third-order valence-electron chi connectivity index (χ3n) is 8.51. The third-order valence-corrected chi connectivity index (χ3v) is 8.51. The Bertz CT molecular complexity index is 1240. The molecule has 0 aromatic heterocycles. The first-order chi connectivity index (χ1) is 16.3. The maximum absolute atomic E-state index is 14.5. The second-order valence-corrected chi connectivity index (χ2v) is 11.7. The number of Topliss-reactive ketones (excluding diaryl/α,β-unsaturated/α-hetero) is 2. The molecule has 0 radical (unpaired) electrons. The van der Waals surface area contributed by atoms with Gasteiger partial charge in [0.25, 0.3) is 0 Å². The molecule has 5 aliphatic rings. The zero-order valence-corrected chi connectivity index (χ0v) is 21.6. The predicted molar refractivity (Wildman–Crippen MR) is 132 cm³/mol. The summed E-state index contributed by atoms with van der Waals surface area (Å²) in [6.45, 7) is 15.7. The van der Waals surface area contributed by atoms with Crippen molar-refractivity contribution >= 4 is 11.6 Å². The molecule has 0 amide bonds. The highest BCUT2D eigenvalue weighted by Gasteiger charge is 2.76. The van der Waals surface area contributed by atoms with Gasteiger partial charge in [0.2, 0.25) is 11.6 Å². The van der Waals surface area contributed by atoms with Crippen molar-refractivity contribution < 1.29 is 28.9 Å². The van der Waals surface area contributed by atoms with Gasteiger partial charge in [-0.2, -0.15) is 0 Å². The van der Waals surface area contributed by atoms with E-state index in [1.165, 1.54) is 13.2 Å². The average molecular weight is 479 g/mol. The molecular weight excluding hydrogens is 444 g/mol. The first-order valence-corrected chi connectivity index (χ1v) is 12.2. The number of rotatable bonds is 5. The highest BCUT2D eigenvalue weighted by molar-refractivity contribution is 6.21. The van der Waals surface area contributed by atoms with E-state index in [0.717, 1.165) is 5.57 Å². The number of allylic oxidation sites excluding steroid dienone is 2. The molecule has 1 spiro atoms. The number of methoxy groups -OCH3 is 1. The Labute approximate surface area is 206 Å². The Morgan fingerprint density at radius 3 is 2.60 bits per heavy atom. The molecule has 35 heavy (non-hydrogen) atoms. The number of carbonyl (C=O) groups is 2. The minimum atomic E-state index is -1.47. The quantitative estimate of drug-likeness (QED) is 0.584. The van der Waals surface area contributed by atoms with Crippen LogP contribution in [0.15, 0.2) is 42.0 Å². The minimum absolute atomic E-state index is 0.000989. The van der Waals surface area contributed by atoms with Crippen molar-refractivity contribution in [3.63, 3.8) is 0 Å². The molecular formula is C29H34O6. The lowest BCUT2D eigenvalue weighted by Gasteiger charge is -2.53. The van der Waals surface area contributed by atoms with Crippen LogP contribution in [-0.2, 0) is 14.9 Å². The van der Waals surface area contributed by atoms with Crippen LogP contribution in [0.4, 0.5) is 0 Å². The van der Waals surface area contributed by atoms with E-state index >= 15 is 0 Å². The molecule has 4 atom stereocenters. The van der Waals surface area contributed by atoms with Gasteiger partial charge in [0.05, 0.1) is 12.7 Å². The van der Waals surface area contributed by atoms with Crippen LogP contribution in [0.1, 0.15) is 70.3 Å². The SMILES string of the molecule is C=CC(C)(C)c1c(O)cc(OC)c2c1O[C@@]13C[C@H]4[C@@H](C=C1C2=O)[C@](CC=C(C)C)(OC4(C)C)C3=O. The molecule has 1 aromatic carbocycles. The lowest BCUT2D eigenvalue weighted by Crippen LogP contribution is -2.68. The Hall–Kier alpha value is -2.86. The monoisotopic (exact) mass is 478 g/mol. The molecule has 6 rings (SSSR count). The van der Waals surface area contributed by atoms with Crippen molar-refractivity contribution in [1.82, 2.24) is 0 Å².